The quantitative estimate of drug-likeness (QED) is 0.578. The van der Waals surface area contributed by atoms with Crippen molar-refractivity contribution in [3.8, 4) is 0 Å². The zero-order valence-electron chi connectivity index (χ0n) is 6.39. The number of alkyl halides is 1. The molecule has 0 aromatic rings. The molecule has 0 fully saturated rings. The Morgan fingerprint density at radius 2 is 2.18 bits per heavy atom. The summed E-state index contributed by atoms with van der Waals surface area (Å²) >= 11 is 0. The van der Waals surface area contributed by atoms with Crippen LogP contribution in [-0.2, 0) is 14.3 Å². The highest BCUT2D eigenvalue weighted by Gasteiger charge is 2.11. The van der Waals surface area contributed by atoms with Crippen molar-refractivity contribution in [2.45, 2.75) is 13.1 Å². The second-order valence-electron chi connectivity index (χ2n) is 1.91. The Morgan fingerprint density at radius 3 is 2.55 bits per heavy atom. The van der Waals surface area contributed by atoms with Gasteiger partial charge in [-0.3, -0.25) is 9.59 Å². The molecule has 4 nitrogen and oxygen atoms in total. The van der Waals surface area contributed by atoms with Crippen molar-refractivity contribution < 1.29 is 18.7 Å². The molecular weight excluding hydrogens is 153 g/mol. The molecule has 1 atom stereocenters. The van der Waals surface area contributed by atoms with Crippen molar-refractivity contribution >= 4 is 11.9 Å². The van der Waals surface area contributed by atoms with Gasteiger partial charge >= 0.3 is 5.97 Å². The van der Waals surface area contributed by atoms with Crippen molar-refractivity contribution in [1.29, 1.82) is 0 Å². The summed E-state index contributed by atoms with van der Waals surface area (Å²) in [7, 11) is 1.19. The summed E-state index contributed by atoms with van der Waals surface area (Å²) in [6.07, 6.45) is -1.60. The summed E-state index contributed by atoms with van der Waals surface area (Å²) in [6, 6.07) is 0. The zero-order chi connectivity index (χ0) is 8.85. The molecule has 11 heavy (non-hydrogen) atoms. The Kier molecular flexibility index (Phi) is 4.17. The lowest BCUT2D eigenvalue weighted by Crippen LogP contribution is -2.34. The zero-order valence-corrected chi connectivity index (χ0v) is 6.39. The average Bonchev–Trinajstić information content (AvgIpc) is 1.99. The number of halogens is 1. The summed E-state index contributed by atoms with van der Waals surface area (Å²) in [5.74, 6) is -1.41. The molecule has 0 rings (SSSR count). The van der Waals surface area contributed by atoms with Gasteiger partial charge in [0.15, 0.2) is 6.17 Å². The van der Waals surface area contributed by atoms with Crippen LogP contribution in [0.3, 0.4) is 0 Å². The molecule has 64 valence electrons. The molecule has 0 saturated carbocycles. The number of methoxy groups -OCH3 is 1. The molecule has 1 unspecified atom stereocenters. The lowest BCUT2D eigenvalue weighted by Gasteiger charge is -2.02. The van der Waals surface area contributed by atoms with Gasteiger partial charge in [-0.15, -0.1) is 0 Å². The summed E-state index contributed by atoms with van der Waals surface area (Å²) < 4.78 is 16.3. The minimum Gasteiger partial charge on any atom is -0.468 e. The first-order valence-corrected chi connectivity index (χ1v) is 3.06. The highest BCUT2D eigenvalue weighted by Crippen LogP contribution is 1.85. The number of ether oxygens (including phenoxy) is 1. The molecule has 0 heterocycles. The molecular formula is C6H10FNO3. The number of rotatable bonds is 3. The highest BCUT2D eigenvalue weighted by atomic mass is 19.1. The molecule has 0 aromatic heterocycles. The first-order valence-electron chi connectivity index (χ1n) is 3.06. The van der Waals surface area contributed by atoms with E-state index in [9.17, 15) is 14.0 Å². The molecule has 0 spiro atoms. The molecule has 1 amide bonds. The van der Waals surface area contributed by atoms with E-state index in [1.54, 1.807) is 0 Å². The maximum Gasteiger partial charge on any atom is 0.325 e. The molecule has 0 aromatic carbocycles. The minimum absolute atomic E-state index is 0.288. The normalized spacial score (nSPS) is 11.9. The Morgan fingerprint density at radius 1 is 1.64 bits per heavy atom. The standard InChI is InChI=1S/C6H10FNO3/c1-4(7)6(10)8-3-5(9)11-2/h4H,3H2,1-2H3,(H,8,10). The third-order valence-electron chi connectivity index (χ3n) is 0.996. The number of esters is 1. The molecule has 0 aliphatic heterocycles. The number of carbonyl (C=O) groups is 2. The third kappa shape index (κ3) is 4.30. The lowest BCUT2D eigenvalue weighted by molar-refractivity contribution is -0.141. The summed E-state index contributed by atoms with van der Waals surface area (Å²) in [5.41, 5.74) is 0. The molecule has 0 saturated heterocycles. The minimum atomic E-state index is -1.60. The smallest absolute Gasteiger partial charge is 0.325 e. The number of hydrogen-bond acceptors (Lipinski definition) is 3. The first kappa shape index (κ1) is 9.87. The van der Waals surface area contributed by atoms with Crippen molar-refractivity contribution in [3.05, 3.63) is 0 Å². The van der Waals surface area contributed by atoms with E-state index in [-0.39, 0.29) is 6.54 Å². The summed E-state index contributed by atoms with van der Waals surface area (Å²) in [6.45, 7) is 0.802. The Hall–Kier alpha value is -1.13. The van der Waals surface area contributed by atoms with Crippen molar-refractivity contribution in [1.82, 2.24) is 5.32 Å². The highest BCUT2D eigenvalue weighted by molar-refractivity contribution is 5.84. The topological polar surface area (TPSA) is 55.4 Å². The predicted octanol–water partition coefficient (Wildman–Crippen LogP) is -0.366. The van der Waals surface area contributed by atoms with Crippen LogP contribution >= 0.6 is 0 Å². The maximum atomic E-state index is 12.1. The Bertz CT molecular complexity index is 158. The van der Waals surface area contributed by atoms with Gasteiger partial charge in [-0.25, -0.2) is 4.39 Å². The second kappa shape index (κ2) is 4.65. The van der Waals surface area contributed by atoms with Crippen LogP contribution in [-0.4, -0.2) is 31.7 Å². The molecule has 0 radical (unpaired) electrons. The van der Waals surface area contributed by atoms with Gasteiger partial charge in [-0.2, -0.15) is 0 Å². The van der Waals surface area contributed by atoms with E-state index >= 15 is 0 Å². The maximum absolute atomic E-state index is 12.1. The van der Waals surface area contributed by atoms with Gasteiger partial charge in [0.05, 0.1) is 7.11 Å². The van der Waals surface area contributed by atoms with Crippen LogP contribution in [0.4, 0.5) is 4.39 Å². The molecule has 1 N–H and O–H groups in total. The van der Waals surface area contributed by atoms with E-state index in [0.717, 1.165) is 6.92 Å². The van der Waals surface area contributed by atoms with Crippen molar-refractivity contribution in [3.63, 3.8) is 0 Å². The first-order chi connectivity index (χ1) is 5.07. The van der Waals surface area contributed by atoms with E-state index in [4.69, 9.17) is 0 Å². The Labute approximate surface area is 63.7 Å². The van der Waals surface area contributed by atoms with Gasteiger partial charge in [-0.1, -0.05) is 0 Å². The number of hydrogen-bond donors (Lipinski definition) is 1. The van der Waals surface area contributed by atoms with E-state index in [2.05, 4.69) is 4.74 Å². The second-order valence-corrected chi connectivity index (χ2v) is 1.91. The SMILES string of the molecule is COC(=O)CNC(=O)C(C)F. The fraction of sp³-hybridized carbons (Fsp3) is 0.667. The number of amides is 1. The van der Waals surface area contributed by atoms with Gasteiger partial charge in [0.2, 0.25) is 0 Å². The van der Waals surface area contributed by atoms with Crippen molar-refractivity contribution in [2.24, 2.45) is 0 Å². The lowest BCUT2D eigenvalue weighted by atomic mass is 10.4. The van der Waals surface area contributed by atoms with Gasteiger partial charge in [0, 0.05) is 0 Å². The average molecular weight is 163 g/mol. The number of carbonyl (C=O) groups excluding carboxylic acids is 2. The predicted molar refractivity (Wildman–Crippen MR) is 35.6 cm³/mol. The van der Waals surface area contributed by atoms with Gasteiger partial charge in [0.25, 0.3) is 5.91 Å². The number of nitrogens with one attached hydrogen (secondary N) is 1. The van der Waals surface area contributed by atoms with Crippen LogP contribution in [0.1, 0.15) is 6.92 Å². The van der Waals surface area contributed by atoms with Crippen LogP contribution < -0.4 is 5.32 Å². The third-order valence-corrected chi connectivity index (χ3v) is 0.996. The van der Waals surface area contributed by atoms with Gasteiger partial charge < -0.3 is 10.1 Å². The Balaban J connectivity index is 3.54. The van der Waals surface area contributed by atoms with Crippen LogP contribution in [0.25, 0.3) is 0 Å². The van der Waals surface area contributed by atoms with Crippen LogP contribution in [0.2, 0.25) is 0 Å². The molecule has 0 aliphatic rings. The molecule has 5 heteroatoms. The largest absolute Gasteiger partial charge is 0.468 e. The summed E-state index contributed by atoms with van der Waals surface area (Å²) in [5, 5.41) is 2.04. The van der Waals surface area contributed by atoms with E-state index in [0.29, 0.717) is 0 Å². The molecule has 0 aliphatic carbocycles. The van der Waals surface area contributed by atoms with Crippen LogP contribution in [0, 0.1) is 0 Å². The van der Waals surface area contributed by atoms with E-state index < -0.39 is 18.0 Å². The van der Waals surface area contributed by atoms with Gasteiger partial charge in [-0.05, 0) is 6.92 Å². The van der Waals surface area contributed by atoms with E-state index in [1.165, 1.54) is 7.11 Å². The fourth-order valence-electron chi connectivity index (χ4n) is 0.372. The van der Waals surface area contributed by atoms with Crippen molar-refractivity contribution in [2.75, 3.05) is 13.7 Å². The van der Waals surface area contributed by atoms with Gasteiger partial charge in [0.1, 0.15) is 6.54 Å². The fourth-order valence-corrected chi connectivity index (χ4v) is 0.372. The van der Waals surface area contributed by atoms with Crippen LogP contribution in [0.5, 0.6) is 0 Å². The van der Waals surface area contributed by atoms with E-state index in [1.807, 2.05) is 5.32 Å². The monoisotopic (exact) mass is 163 g/mol. The van der Waals surface area contributed by atoms with Crippen LogP contribution in [0.15, 0.2) is 0 Å². The molecule has 0 bridgehead atoms. The summed E-state index contributed by atoms with van der Waals surface area (Å²) in [4.78, 5) is 20.8.